The van der Waals surface area contributed by atoms with Gasteiger partial charge in [0.15, 0.2) is 0 Å². The van der Waals surface area contributed by atoms with Gasteiger partial charge in [0, 0.05) is 18.8 Å². The van der Waals surface area contributed by atoms with Crippen LogP contribution in [0.3, 0.4) is 0 Å². The lowest BCUT2D eigenvalue weighted by molar-refractivity contribution is 0.0888. The molecule has 0 aliphatic carbocycles. The molecule has 0 aliphatic rings. The van der Waals surface area contributed by atoms with Crippen LogP contribution < -0.4 is 0 Å². The molecule has 0 aromatic carbocycles. The topological polar surface area (TPSA) is 45.8 Å². The van der Waals surface area contributed by atoms with Crippen LogP contribution in [0.2, 0.25) is 0 Å². The van der Waals surface area contributed by atoms with Crippen molar-refractivity contribution in [1.82, 2.24) is 4.57 Å². The van der Waals surface area contributed by atoms with E-state index in [-0.39, 0.29) is 11.8 Å². The Morgan fingerprint density at radius 1 is 1.50 bits per heavy atom. The predicted molar refractivity (Wildman–Crippen MR) is 53.7 cm³/mol. The summed E-state index contributed by atoms with van der Waals surface area (Å²) in [4.78, 5) is 11.6. The summed E-state index contributed by atoms with van der Waals surface area (Å²) in [7, 11) is 0. The molecule has 14 heavy (non-hydrogen) atoms. The monoisotopic (exact) mass is 190 g/mol. The lowest BCUT2D eigenvalue weighted by Gasteiger charge is -2.06. The Morgan fingerprint density at radius 2 is 2.14 bits per heavy atom. The Labute approximate surface area is 84.0 Å². The van der Waals surface area contributed by atoms with Gasteiger partial charge < -0.3 is 0 Å². The van der Waals surface area contributed by atoms with Crippen molar-refractivity contribution in [3.8, 4) is 6.07 Å². The molecular formula is C11H14N2O. The molecule has 0 fully saturated rings. The molecule has 0 radical (unpaired) electrons. The molecule has 3 heteroatoms. The van der Waals surface area contributed by atoms with Crippen LogP contribution in [-0.2, 0) is 0 Å². The van der Waals surface area contributed by atoms with E-state index in [4.69, 9.17) is 5.26 Å². The van der Waals surface area contributed by atoms with Crippen LogP contribution in [0.25, 0.3) is 0 Å². The van der Waals surface area contributed by atoms with Crippen LogP contribution in [0.4, 0.5) is 0 Å². The van der Waals surface area contributed by atoms with Crippen LogP contribution in [0.5, 0.6) is 0 Å². The van der Waals surface area contributed by atoms with E-state index in [1.807, 2.05) is 6.92 Å². The highest BCUT2D eigenvalue weighted by Gasteiger charge is 2.12. The Kier molecular flexibility index (Phi) is 3.93. The molecule has 74 valence electrons. The van der Waals surface area contributed by atoms with E-state index in [9.17, 15) is 4.79 Å². The minimum Gasteiger partial charge on any atom is -0.295 e. The average Bonchev–Trinajstić information content (AvgIpc) is 2.69. The summed E-state index contributed by atoms with van der Waals surface area (Å²) in [6.07, 6.45) is 5.48. The molecule has 1 aromatic rings. The SMILES string of the molecule is CCC[C@@H](C#N)CC(=O)n1cccc1. The fraction of sp³-hybridized carbons (Fsp3) is 0.455. The second kappa shape index (κ2) is 5.23. The first-order valence-corrected chi connectivity index (χ1v) is 4.83. The van der Waals surface area contributed by atoms with Gasteiger partial charge >= 0.3 is 0 Å². The van der Waals surface area contributed by atoms with Crippen molar-refractivity contribution in [1.29, 1.82) is 5.26 Å². The Morgan fingerprint density at radius 3 is 2.64 bits per heavy atom. The Balaban J connectivity index is 2.52. The van der Waals surface area contributed by atoms with Crippen molar-refractivity contribution in [2.45, 2.75) is 26.2 Å². The molecule has 1 aromatic heterocycles. The highest BCUT2D eigenvalue weighted by Crippen LogP contribution is 2.11. The summed E-state index contributed by atoms with van der Waals surface area (Å²) < 4.78 is 1.53. The van der Waals surface area contributed by atoms with E-state index in [0.717, 1.165) is 12.8 Å². The molecule has 0 amide bonds. The predicted octanol–water partition coefficient (Wildman–Crippen LogP) is 2.46. The highest BCUT2D eigenvalue weighted by atomic mass is 16.1. The maximum absolute atomic E-state index is 11.6. The zero-order valence-corrected chi connectivity index (χ0v) is 8.31. The largest absolute Gasteiger partial charge is 0.295 e. The van der Waals surface area contributed by atoms with Gasteiger partial charge in [0.2, 0.25) is 5.91 Å². The van der Waals surface area contributed by atoms with Crippen molar-refractivity contribution < 1.29 is 4.79 Å². The number of nitrogens with zero attached hydrogens (tertiary/aromatic N) is 2. The summed E-state index contributed by atoms with van der Waals surface area (Å²) >= 11 is 0. The van der Waals surface area contributed by atoms with E-state index in [1.54, 1.807) is 24.5 Å². The summed E-state index contributed by atoms with van der Waals surface area (Å²) in [6.45, 7) is 2.02. The minimum absolute atomic E-state index is 0.00463. The molecule has 0 saturated heterocycles. The normalized spacial score (nSPS) is 12.0. The van der Waals surface area contributed by atoms with Crippen molar-refractivity contribution in [3.05, 3.63) is 24.5 Å². The maximum Gasteiger partial charge on any atom is 0.231 e. The van der Waals surface area contributed by atoms with Crippen molar-refractivity contribution in [2.75, 3.05) is 0 Å². The average molecular weight is 190 g/mol. The van der Waals surface area contributed by atoms with Crippen LogP contribution in [0, 0.1) is 17.2 Å². The third-order valence-corrected chi connectivity index (χ3v) is 2.13. The van der Waals surface area contributed by atoms with E-state index in [0.29, 0.717) is 6.42 Å². The van der Waals surface area contributed by atoms with Gasteiger partial charge in [-0.05, 0) is 18.6 Å². The second-order valence-corrected chi connectivity index (χ2v) is 3.30. The molecule has 3 nitrogen and oxygen atoms in total. The molecule has 0 saturated carbocycles. The smallest absolute Gasteiger partial charge is 0.231 e. The first-order chi connectivity index (χ1) is 6.77. The summed E-state index contributed by atoms with van der Waals surface area (Å²) in [5, 5.41) is 8.79. The van der Waals surface area contributed by atoms with Crippen LogP contribution >= 0.6 is 0 Å². The van der Waals surface area contributed by atoms with E-state index in [1.165, 1.54) is 4.57 Å². The number of rotatable bonds is 4. The molecular weight excluding hydrogens is 176 g/mol. The molecule has 0 bridgehead atoms. The molecule has 1 heterocycles. The first kappa shape index (κ1) is 10.5. The zero-order valence-electron chi connectivity index (χ0n) is 8.31. The van der Waals surface area contributed by atoms with Gasteiger partial charge in [-0.3, -0.25) is 9.36 Å². The molecule has 1 atom stereocenters. The fourth-order valence-electron chi connectivity index (χ4n) is 1.38. The Hall–Kier alpha value is -1.56. The fourth-order valence-corrected chi connectivity index (χ4v) is 1.38. The number of aromatic nitrogens is 1. The van der Waals surface area contributed by atoms with Crippen molar-refractivity contribution >= 4 is 5.91 Å². The number of carbonyl (C=O) groups is 1. The molecule has 0 unspecified atom stereocenters. The first-order valence-electron chi connectivity index (χ1n) is 4.83. The van der Waals surface area contributed by atoms with E-state index < -0.39 is 0 Å². The lowest BCUT2D eigenvalue weighted by Crippen LogP contribution is -2.13. The summed E-state index contributed by atoms with van der Waals surface area (Å²) in [6, 6.07) is 5.77. The second-order valence-electron chi connectivity index (χ2n) is 3.30. The molecule has 1 rings (SSSR count). The van der Waals surface area contributed by atoms with Crippen LogP contribution in [0.1, 0.15) is 31.0 Å². The number of nitriles is 1. The molecule has 0 N–H and O–H groups in total. The summed E-state index contributed by atoms with van der Waals surface area (Å²) in [5.74, 6) is -0.148. The van der Waals surface area contributed by atoms with Gasteiger partial charge in [-0.15, -0.1) is 0 Å². The number of carbonyl (C=O) groups excluding carboxylic acids is 1. The zero-order chi connectivity index (χ0) is 10.4. The molecule has 0 aliphatic heterocycles. The van der Waals surface area contributed by atoms with E-state index >= 15 is 0 Å². The van der Waals surface area contributed by atoms with Gasteiger partial charge in [-0.2, -0.15) is 5.26 Å². The quantitative estimate of drug-likeness (QED) is 0.732. The number of hydrogen-bond donors (Lipinski definition) is 0. The highest BCUT2D eigenvalue weighted by molar-refractivity contribution is 5.79. The third-order valence-electron chi connectivity index (χ3n) is 2.13. The lowest BCUT2D eigenvalue weighted by atomic mass is 10.0. The van der Waals surface area contributed by atoms with Crippen LogP contribution in [-0.4, -0.2) is 10.5 Å². The standard InChI is InChI=1S/C11H14N2O/c1-2-5-10(9-12)8-11(14)13-6-3-4-7-13/h3-4,6-7,10H,2,5,8H2,1H3/t10-/m1/s1. The maximum atomic E-state index is 11.6. The summed E-state index contributed by atoms with van der Waals surface area (Å²) in [5.41, 5.74) is 0. The van der Waals surface area contributed by atoms with Gasteiger partial charge in [-0.1, -0.05) is 13.3 Å². The minimum atomic E-state index is -0.144. The van der Waals surface area contributed by atoms with Crippen LogP contribution in [0.15, 0.2) is 24.5 Å². The third kappa shape index (κ3) is 2.74. The van der Waals surface area contributed by atoms with Crippen molar-refractivity contribution in [2.24, 2.45) is 5.92 Å². The van der Waals surface area contributed by atoms with Crippen molar-refractivity contribution in [3.63, 3.8) is 0 Å². The van der Waals surface area contributed by atoms with Gasteiger partial charge in [0.1, 0.15) is 0 Å². The molecule has 0 spiro atoms. The van der Waals surface area contributed by atoms with Gasteiger partial charge in [0.25, 0.3) is 0 Å². The van der Waals surface area contributed by atoms with Gasteiger partial charge in [-0.25, -0.2) is 0 Å². The number of hydrogen-bond acceptors (Lipinski definition) is 2. The Bertz CT molecular complexity index is 322. The van der Waals surface area contributed by atoms with Gasteiger partial charge in [0.05, 0.1) is 12.0 Å². The van der Waals surface area contributed by atoms with E-state index in [2.05, 4.69) is 6.07 Å².